The van der Waals surface area contributed by atoms with Crippen LogP contribution in [-0.2, 0) is 0 Å². The fraction of sp³-hybridized carbons (Fsp3) is 0.389. The highest BCUT2D eigenvalue weighted by atomic mass is 79.9. The summed E-state index contributed by atoms with van der Waals surface area (Å²) < 4.78 is 0.612. The molecule has 5 nitrogen and oxygen atoms in total. The molecule has 0 saturated carbocycles. The molecule has 1 aromatic heterocycles. The van der Waals surface area contributed by atoms with Crippen molar-refractivity contribution in [2.24, 2.45) is 0 Å². The minimum Gasteiger partial charge on any atom is -0.344 e. The second kappa shape index (κ2) is 7.75. The molecular formula is C18H21BrN4O. The Hall–Kier alpha value is -1.95. The Morgan fingerprint density at radius 3 is 2.62 bits per heavy atom. The number of anilines is 1. The van der Waals surface area contributed by atoms with E-state index in [0.717, 1.165) is 31.5 Å². The van der Waals surface area contributed by atoms with Crippen molar-refractivity contribution in [3.63, 3.8) is 0 Å². The molecule has 0 unspecified atom stereocenters. The summed E-state index contributed by atoms with van der Waals surface area (Å²) in [4.78, 5) is 23.6. The van der Waals surface area contributed by atoms with Crippen LogP contribution < -0.4 is 10.2 Å². The van der Waals surface area contributed by atoms with E-state index in [0.29, 0.717) is 16.1 Å². The van der Waals surface area contributed by atoms with Gasteiger partial charge in [0.05, 0.1) is 10.5 Å². The zero-order chi connectivity index (χ0) is 16.9. The van der Waals surface area contributed by atoms with Crippen LogP contribution in [0.3, 0.4) is 0 Å². The molecule has 1 saturated heterocycles. The summed E-state index contributed by atoms with van der Waals surface area (Å²) in [6, 6.07) is 9.81. The van der Waals surface area contributed by atoms with Gasteiger partial charge in [0.25, 0.3) is 5.91 Å². The van der Waals surface area contributed by atoms with Gasteiger partial charge in [-0.2, -0.15) is 0 Å². The summed E-state index contributed by atoms with van der Waals surface area (Å²) in [6.45, 7) is 3.86. The lowest BCUT2D eigenvalue weighted by atomic mass is 10.1. The minimum absolute atomic E-state index is 0.0843. The van der Waals surface area contributed by atoms with Crippen LogP contribution in [0.2, 0.25) is 0 Å². The standard InChI is InChI=1S/C18H21BrN4O/c1-13(14-8-4-2-5-9-14)21-17(24)16-15(19)12-20-18(22-16)23-10-6-3-7-11-23/h2,4-5,8-9,12-13H,3,6-7,10-11H2,1H3,(H,21,24)/t13-/m0/s1. The van der Waals surface area contributed by atoms with Crippen molar-refractivity contribution in [3.05, 3.63) is 52.3 Å². The van der Waals surface area contributed by atoms with Gasteiger partial charge in [-0.1, -0.05) is 30.3 Å². The Balaban J connectivity index is 1.76. The molecule has 1 aliphatic rings. The first-order valence-corrected chi connectivity index (χ1v) is 9.08. The first kappa shape index (κ1) is 16.9. The first-order chi connectivity index (χ1) is 11.6. The molecule has 1 aliphatic heterocycles. The van der Waals surface area contributed by atoms with Gasteiger partial charge >= 0.3 is 0 Å². The Bertz CT molecular complexity index is 701. The van der Waals surface area contributed by atoms with Crippen molar-refractivity contribution >= 4 is 27.8 Å². The highest BCUT2D eigenvalue weighted by Gasteiger charge is 2.20. The van der Waals surface area contributed by atoms with Crippen LogP contribution in [0.4, 0.5) is 5.95 Å². The lowest BCUT2D eigenvalue weighted by molar-refractivity contribution is 0.0934. The Morgan fingerprint density at radius 2 is 1.92 bits per heavy atom. The topological polar surface area (TPSA) is 58.1 Å². The molecule has 126 valence electrons. The van der Waals surface area contributed by atoms with Gasteiger partial charge in [-0.3, -0.25) is 4.79 Å². The highest BCUT2D eigenvalue weighted by Crippen LogP contribution is 2.21. The number of aromatic nitrogens is 2. The third-order valence-corrected chi connectivity index (χ3v) is 4.81. The molecule has 1 N–H and O–H groups in total. The van der Waals surface area contributed by atoms with E-state index in [2.05, 4.69) is 36.1 Å². The van der Waals surface area contributed by atoms with Crippen LogP contribution in [-0.4, -0.2) is 29.0 Å². The molecule has 2 heterocycles. The van der Waals surface area contributed by atoms with Crippen LogP contribution in [0.1, 0.15) is 48.3 Å². The van der Waals surface area contributed by atoms with E-state index in [1.54, 1.807) is 6.20 Å². The number of halogens is 1. The molecular weight excluding hydrogens is 368 g/mol. The molecule has 1 atom stereocenters. The van der Waals surface area contributed by atoms with Gasteiger partial charge in [0.15, 0.2) is 0 Å². The number of amides is 1. The van der Waals surface area contributed by atoms with Crippen LogP contribution in [0.5, 0.6) is 0 Å². The molecule has 1 amide bonds. The Morgan fingerprint density at radius 1 is 1.21 bits per heavy atom. The SMILES string of the molecule is C[C@H](NC(=O)c1nc(N2CCCCC2)ncc1Br)c1ccccc1. The summed E-state index contributed by atoms with van der Waals surface area (Å²) in [5.74, 6) is 0.439. The average molecular weight is 389 g/mol. The molecule has 0 bridgehead atoms. The Labute approximate surface area is 150 Å². The van der Waals surface area contributed by atoms with Gasteiger partial charge < -0.3 is 10.2 Å². The smallest absolute Gasteiger partial charge is 0.271 e. The third kappa shape index (κ3) is 3.93. The monoisotopic (exact) mass is 388 g/mol. The van der Waals surface area contributed by atoms with Gasteiger partial charge in [0, 0.05) is 19.3 Å². The number of carbonyl (C=O) groups is 1. The number of nitrogens with one attached hydrogen (secondary N) is 1. The van der Waals surface area contributed by atoms with Crippen LogP contribution in [0.15, 0.2) is 41.0 Å². The van der Waals surface area contributed by atoms with Gasteiger partial charge in [-0.15, -0.1) is 0 Å². The molecule has 6 heteroatoms. The van der Waals surface area contributed by atoms with Gasteiger partial charge in [-0.05, 0) is 47.7 Å². The van der Waals surface area contributed by atoms with E-state index in [4.69, 9.17) is 0 Å². The molecule has 0 radical (unpaired) electrons. The van der Waals surface area contributed by atoms with E-state index >= 15 is 0 Å². The fourth-order valence-corrected chi connectivity index (χ4v) is 3.22. The van der Waals surface area contributed by atoms with Crippen LogP contribution in [0.25, 0.3) is 0 Å². The second-order valence-corrected chi connectivity index (χ2v) is 6.87. The average Bonchev–Trinajstić information content (AvgIpc) is 2.63. The van der Waals surface area contributed by atoms with Crippen molar-refractivity contribution in [1.29, 1.82) is 0 Å². The predicted molar refractivity (Wildman–Crippen MR) is 98.1 cm³/mol. The van der Waals surface area contributed by atoms with E-state index in [9.17, 15) is 4.79 Å². The second-order valence-electron chi connectivity index (χ2n) is 6.02. The number of benzene rings is 1. The number of carbonyl (C=O) groups excluding carboxylic acids is 1. The van der Waals surface area contributed by atoms with Crippen molar-refractivity contribution in [1.82, 2.24) is 15.3 Å². The molecule has 1 aromatic carbocycles. The highest BCUT2D eigenvalue weighted by molar-refractivity contribution is 9.10. The van der Waals surface area contributed by atoms with E-state index in [1.165, 1.54) is 6.42 Å². The fourth-order valence-electron chi connectivity index (χ4n) is 2.85. The zero-order valence-electron chi connectivity index (χ0n) is 13.7. The summed E-state index contributed by atoms with van der Waals surface area (Å²) in [6.07, 6.45) is 5.20. The van der Waals surface area contributed by atoms with Crippen LogP contribution in [0, 0.1) is 0 Å². The lowest BCUT2D eigenvalue weighted by Gasteiger charge is -2.26. The number of rotatable bonds is 4. The maximum atomic E-state index is 12.6. The quantitative estimate of drug-likeness (QED) is 0.866. The van der Waals surface area contributed by atoms with Crippen molar-refractivity contribution in [2.45, 2.75) is 32.2 Å². The van der Waals surface area contributed by atoms with E-state index in [1.807, 2.05) is 37.3 Å². The number of nitrogens with zero attached hydrogens (tertiary/aromatic N) is 3. The van der Waals surface area contributed by atoms with E-state index in [-0.39, 0.29) is 11.9 Å². The normalized spacial score (nSPS) is 15.8. The molecule has 2 aromatic rings. The van der Waals surface area contributed by atoms with Crippen LogP contribution >= 0.6 is 15.9 Å². The molecule has 0 spiro atoms. The predicted octanol–water partition coefficient (Wildman–Crippen LogP) is 3.72. The number of hydrogen-bond donors (Lipinski definition) is 1. The molecule has 0 aliphatic carbocycles. The zero-order valence-corrected chi connectivity index (χ0v) is 15.3. The molecule has 24 heavy (non-hydrogen) atoms. The van der Waals surface area contributed by atoms with Gasteiger partial charge in [0.2, 0.25) is 5.95 Å². The van der Waals surface area contributed by atoms with E-state index < -0.39 is 0 Å². The molecule has 3 rings (SSSR count). The van der Waals surface area contributed by atoms with Crippen molar-refractivity contribution < 1.29 is 4.79 Å². The van der Waals surface area contributed by atoms with Crippen molar-refractivity contribution in [2.75, 3.05) is 18.0 Å². The number of hydrogen-bond acceptors (Lipinski definition) is 4. The Kier molecular flexibility index (Phi) is 5.45. The first-order valence-electron chi connectivity index (χ1n) is 8.28. The molecule has 1 fully saturated rings. The summed E-state index contributed by atoms with van der Waals surface area (Å²) in [7, 11) is 0. The lowest BCUT2D eigenvalue weighted by Crippen LogP contribution is -2.33. The maximum absolute atomic E-state index is 12.6. The number of piperidine rings is 1. The summed E-state index contributed by atoms with van der Waals surface area (Å²) in [5, 5.41) is 3.01. The maximum Gasteiger partial charge on any atom is 0.271 e. The summed E-state index contributed by atoms with van der Waals surface area (Å²) >= 11 is 3.40. The van der Waals surface area contributed by atoms with Gasteiger partial charge in [0.1, 0.15) is 5.69 Å². The minimum atomic E-state index is -0.195. The summed E-state index contributed by atoms with van der Waals surface area (Å²) in [5.41, 5.74) is 1.45. The van der Waals surface area contributed by atoms with Gasteiger partial charge in [-0.25, -0.2) is 9.97 Å². The van der Waals surface area contributed by atoms with Crippen molar-refractivity contribution in [3.8, 4) is 0 Å². The third-order valence-electron chi connectivity index (χ3n) is 4.23. The largest absolute Gasteiger partial charge is 0.344 e.